The molecule has 1 amide bonds. The molecular weight excluding hydrogens is 194 g/mol. The van der Waals surface area contributed by atoms with Crippen LogP contribution >= 0.6 is 0 Å². The Kier molecular flexibility index (Phi) is 4.13. The summed E-state index contributed by atoms with van der Waals surface area (Å²) >= 11 is 0. The van der Waals surface area contributed by atoms with E-state index in [1.54, 1.807) is 0 Å². The molecule has 0 saturated carbocycles. The summed E-state index contributed by atoms with van der Waals surface area (Å²) in [5, 5.41) is 2.91. The van der Waals surface area contributed by atoms with Gasteiger partial charge in [0.25, 0.3) is 0 Å². The Balaban J connectivity index is 2.02. The first-order valence-electron chi connectivity index (χ1n) is 5.34. The average Bonchev–Trinajstić information content (AvgIpc) is 2.44. The maximum absolute atomic E-state index is 10.9. The fraction of sp³-hybridized carbons (Fsp3) is 0.900. The van der Waals surface area contributed by atoms with Crippen LogP contribution in [-0.2, 0) is 9.22 Å². The second-order valence-corrected chi connectivity index (χ2v) is 6.51. The summed E-state index contributed by atoms with van der Waals surface area (Å²) in [7, 11) is -0.395. The molecule has 4 heteroatoms. The summed E-state index contributed by atoms with van der Waals surface area (Å²) < 4.78 is 5.67. The Labute approximate surface area is 88.5 Å². The van der Waals surface area contributed by atoms with Gasteiger partial charge in [0.2, 0.25) is 5.91 Å². The van der Waals surface area contributed by atoms with Crippen LogP contribution in [-0.4, -0.2) is 28.3 Å². The topological polar surface area (TPSA) is 38.3 Å². The molecule has 0 aliphatic carbocycles. The lowest BCUT2D eigenvalue weighted by atomic mass is 10.0. The molecular formula is C10H21NO2Si. The zero-order valence-corrected chi connectivity index (χ0v) is 10.8. The van der Waals surface area contributed by atoms with E-state index in [1.807, 2.05) is 0 Å². The zero-order chi connectivity index (χ0) is 10.6. The van der Waals surface area contributed by atoms with Crippen LogP contribution in [0.25, 0.3) is 0 Å². The largest absolute Gasteiger partial charge is 0.422 e. The van der Waals surface area contributed by atoms with E-state index < -0.39 is 9.76 Å². The van der Waals surface area contributed by atoms with Crippen LogP contribution in [0, 0.1) is 5.41 Å². The molecule has 0 spiro atoms. The predicted molar refractivity (Wildman–Crippen MR) is 59.9 cm³/mol. The molecule has 0 radical (unpaired) electrons. The number of carbonyl (C=O) groups is 1. The first kappa shape index (κ1) is 11.7. The van der Waals surface area contributed by atoms with Crippen LogP contribution in [0.4, 0.5) is 0 Å². The number of amides is 1. The maximum atomic E-state index is 10.9. The van der Waals surface area contributed by atoms with Crippen molar-refractivity contribution in [3.63, 3.8) is 0 Å². The van der Waals surface area contributed by atoms with Gasteiger partial charge in [-0.2, -0.15) is 0 Å². The number of hydrogen-bond acceptors (Lipinski definition) is 2. The lowest BCUT2D eigenvalue weighted by molar-refractivity contribution is -0.119. The summed E-state index contributed by atoms with van der Waals surface area (Å²) in [5.41, 5.74) is 0.394. The lowest BCUT2D eigenvalue weighted by Gasteiger charge is -2.18. The molecule has 14 heavy (non-hydrogen) atoms. The van der Waals surface area contributed by atoms with Crippen molar-refractivity contribution in [2.24, 2.45) is 5.41 Å². The van der Waals surface area contributed by atoms with Crippen molar-refractivity contribution in [3.8, 4) is 0 Å². The second-order valence-electron chi connectivity index (χ2n) is 5.19. The molecule has 3 nitrogen and oxygen atoms in total. The molecule has 1 rings (SSSR count). The third-order valence-electron chi connectivity index (χ3n) is 2.40. The monoisotopic (exact) mass is 215 g/mol. The number of rotatable bonds is 4. The predicted octanol–water partition coefficient (Wildman–Crippen LogP) is 0.830. The molecule has 1 fully saturated rings. The van der Waals surface area contributed by atoms with E-state index in [-0.39, 0.29) is 11.9 Å². The SMILES string of the molecule is CC(C)(C)C[SiH2]OC[C@@H]1CCC(=O)N1. The zero-order valence-electron chi connectivity index (χ0n) is 9.43. The molecule has 1 aliphatic rings. The quantitative estimate of drug-likeness (QED) is 0.557. The molecule has 1 aliphatic heterocycles. The highest BCUT2D eigenvalue weighted by Crippen LogP contribution is 2.18. The smallest absolute Gasteiger partial charge is 0.220 e. The van der Waals surface area contributed by atoms with E-state index in [0.29, 0.717) is 11.8 Å². The highest BCUT2D eigenvalue weighted by Gasteiger charge is 2.20. The van der Waals surface area contributed by atoms with Crippen LogP contribution in [0.2, 0.25) is 6.04 Å². The van der Waals surface area contributed by atoms with Crippen molar-refractivity contribution in [3.05, 3.63) is 0 Å². The van der Waals surface area contributed by atoms with Crippen molar-refractivity contribution in [2.45, 2.75) is 45.7 Å². The molecule has 0 aromatic carbocycles. The summed E-state index contributed by atoms with van der Waals surface area (Å²) in [6.07, 6.45) is 1.62. The third-order valence-corrected chi connectivity index (χ3v) is 4.63. The van der Waals surface area contributed by atoms with Crippen LogP contribution < -0.4 is 5.32 Å². The molecule has 1 N–H and O–H groups in total. The van der Waals surface area contributed by atoms with E-state index in [9.17, 15) is 4.79 Å². The molecule has 1 atom stereocenters. The van der Waals surface area contributed by atoms with Crippen LogP contribution in [0.5, 0.6) is 0 Å². The minimum atomic E-state index is -0.395. The molecule has 0 bridgehead atoms. The van der Waals surface area contributed by atoms with Crippen molar-refractivity contribution in [2.75, 3.05) is 6.61 Å². The Morgan fingerprint density at radius 2 is 2.29 bits per heavy atom. The standard InChI is InChI=1S/C10H21NO2Si/c1-10(2,3)7-14-13-6-8-4-5-9(12)11-8/h8H,4-7,14H2,1-3H3,(H,11,12)/t8-/m0/s1. The fourth-order valence-corrected chi connectivity index (χ4v) is 2.61. The van der Waals surface area contributed by atoms with Gasteiger partial charge in [-0.25, -0.2) is 0 Å². The van der Waals surface area contributed by atoms with Gasteiger partial charge in [0.15, 0.2) is 9.76 Å². The Hall–Kier alpha value is -0.353. The minimum Gasteiger partial charge on any atom is -0.422 e. The molecule has 0 unspecified atom stereocenters. The van der Waals surface area contributed by atoms with Crippen molar-refractivity contribution in [1.29, 1.82) is 0 Å². The van der Waals surface area contributed by atoms with Gasteiger partial charge in [-0.05, 0) is 17.9 Å². The highest BCUT2D eigenvalue weighted by atomic mass is 28.2. The first-order valence-corrected chi connectivity index (χ1v) is 6.92. The van der Waals surface area contributed by atoms with Crippen LogP contribution in [0.3, 0.4) is 0 Å². The third kappa shape index (κ3) is 4.76. The normalized spacial score (nSPS) is 23.4. The lowest BCUT2D eigenvalue weighted by Crippen LogP contribution is -2.30. The van der Waals surface area contributed by atoms with Gasteiger partial charge in [0.1, 0.15) is 0 Å². The second kappa shape index (κ2) is 4.93. The fourth-order valence-electron chi connectivity index (χ4n) is 1.41. The maximum Gasteiger partial charge on any atom is 0.220 e. The van der Waals surface area contributed by atoms with E-state index >= 15 is 0 Å². The van der Waals surface area contributed by atoms with Gasteiger partial charge < -0.3 is 9.74 Å². The van der Waals surface area contributed by atoms with Gasteiger partial charge in [0, 0.05) is 6.42 Å². The summed E-state index contributed by atoms with van der Waals surface area (Å²) in [6, 6.07) is 1.49. The first-order chi connectivity index (χ1) is 6.47. The van der Waals surface area contributed by atoms with Crippen LogP contribution in [0.15, 0.2) is 0 Å². The summed E-state index contributed by atoms with van der Waals surface area (Å²) in [5.74, 6) is 0.177. The van der Waals surface area contributed by atoms with E-state index in [4.69, 9.17) is 4.43 Å². The number of hydrogen-bond donors (Lipinski definition) is 1. The Morgan fingerprint density at radius 3 is 2.79 bits per heavy atom. The van der Waals surface area contributed by atoms with Crippen molar-refractivity contribution in [1.82, 2.24) is 5.32 Å². The van der Waals surface area contributed by atoms with Gasteiger partial charge >= 0.3 is 0 Å². The van der Waals surface area contributed by atoms with Gasteiger partial charge in [0.05, 0.1) is 12.6 Å². The number of carbonyl (C=O) groups excluding carboxylic acids is 1. The molecule has 0 aromatic rings. The summed E-state index contributed by atoms with van der Waals surface area (Å²) in [4.78, 5) is 10.9. The van der Waals surface area contributed by atoms with Gasteiger partial charge in [-0.15, -0.1) is 0 Å². The molecule has 1 saturated heterocycles. The van der Waals surface area contributed by atoms with E-state index in [0.717, 1.165) is 13.0 Å². The highest BCUT2D eigenvalue weighted by molar-refractivity contribution is 6.27. The van der Waals surface area contributed by atoms with Crippen LogP contribution in [0.1, 0.15) is 33.6 Å². The molecule has 1 heterocycles. The van der Waals surface area contributed by atoms with Crippen molar-refractivity contribution >= 4 is 15.7 Å². The average molecular weight is 215 g/mol. The van der Waals surface area contributed by atoms with E-state index in [1.165, 1.54) is 6.04 Å². The molecule has 0 aromatic heterocycles. The Morgan fingerprint density at radius 1 is 1.57 bits per heavy atom. The van der Waals surface area contributed by atoms with Gasteiger partial charge in [-0.3, -0.25) is 4.79 Å². The number of nitrogens with one attached hydrogen (secondary N) is 1. The van der Waals surface area contributed by atoms with E-state index in [2.05, 4.69) is 26.1 Å². The Bertz CT molecular complexity index is 201. The summed E-state index contributed by atoms with van der Waals surface area (Å²) in [6.45, 7) is 7.44. The minimum absolute atomic E-state index is 0.177. The molecule has 82 valence electrons. The van der Waals surface area contributed by atoms with Gasteiger partial charge in [-0.1, -0.05) is 20.8 Å². The van der Waals surface area contributed by atoms with Crippen molar-refractivity contribution < 1.29 is 9.22 Å².